The second kappa shape index (κ2) is 5.82. The minimum atomic E-state index is -0.731. The number of allylic oxidation sites excluding steroid dienone is 6. The zero-order valence-electron chi connectivity index (χ0n) is 10.4. The molecule has 2 atom stereocenters. The monoisotopic (exact) mass is 260 g/mol. The maximum atomic E-state index is 11.9. The quantitative estimate of drug-likeness (QED) is 0.672. The molecule has 2 rings (SSSR count). The van der Waals surface area contributed by atoms with Crippen molar-refractivity contribution in [2.24, 2.45) is 0 Å². The Morgan fingerprint density at radius 3 is 2.58 bits per heavy atom. The molecule has 0 heterocycles. The predicted molar refractivity (Wildman–Crippen MR) is 71.4 cm³/mol. The highest BCUT2D eigenvalue weighted by molar-refractivity contribution is 6.06. The van der Waals surface area contributed by atoms with Crippen LogP contribution in [0.15, 0.2) is 59.4 Å². The molecule has 4 nitrogen and oxygen atoms in total. The van der Waals surface area contributed by atoms with Gasteiger partial charge in [0.1, 0.15) is 5.76 Å². The van der Waals surface area contributed by atoms with Crippen LogP contribution in [-0.4, -0.2) is 33.3 Å². The van der Waals surface area contributed by atoms with E-state index in [9.17, 15) is 20.1 Å². The van der Waals surface area contributed by atoms with E-state index in [2.05, 4.69) is 0 Å². The Balaban J connectivity index is 2.04. The van der Waals surface area contributed by atoms with Crippen LogP contribution in [0.4, 0.5) is 0 Å². The van der Waals surface area contributed by atoms with Gasteiger partial charge in [-0.25, -0.2) is 0 Å². The third kappa shape index (κ3) is 3.53. The number of hydrogen-bond acceptors (Lipinski definition) is 4. The molecule has 0 aromatic rings. The van der Waals surface area contributed by atoms with Crippen LogP contribution in [0.2, 0.25) is 0 Å². The normalized spacial score (nSPS) is 26.9. The van der Waals surface area contributed by atoms with Gasteiger partial charge in [0.2, 0.25) is 0 Å². The molecule has 0 spiro atoms. The van der Waals surface area contributed by atoms with Crippen LogP contribution in [0.1, 0.15) is 12.8 Å². The van der Waals surface area contributed by atoms with Gasteiger partial charge in [0.25, 0.3) is 0 Å². The van der Waals surface area contributed by atoms with Gasteiger partial charge in [-0.3, -0.25) is 4.79 Å². The second-order valence-corrected chi connectivity index (χ2v) is 4.55. The zero-order valence-corrected chi connectivity index (χ0v) is 10.4. The van der Waals surface area contributed by atoms with E-state index in [1.54, 1.807) is 18.2 Å². The fraction of sp³-hybridized carbons (Fsp3) is 0.267. The molecule has 19 heavy (non-hydrogen) atoms. The van der Waals surface area contributed by atoms with Crippen LogP contribution in [-0.2, 0) is 4.79 Å². The highest BCUT2D eigenvalue weighted by Gasteiger charge is 2.17. The van der Waals surface area contributed by atoms with Crippen molar-refractivity contribution >= 4 is 5.78 Å². The summed E-state index contributed by atoms with van der Waals surface area (Å²) in [4.78, 5) is 11.9. The summed E-state index contributed by atoms with van der Waals surface area (Å²) in [5, 5.41) is 28.2. The van der Waals surface area contributed by atoms with Crippen LogP contribution in [0.25, 0.3) is 0 Å². The predicted octanol–water partition coefficient (Wildman–Crippen LogP) is 1.49. The van der Waals surface area contributed by atoms with E-state index < -0.39 is 12.2 Å². The van der Waals surface area contributed by atoms with E-state index in [4.69, 9.17) is 0 Å². The van der Waals surface area contributed by atoms with Crippen molar-refractivity contribution in [2.75, 3.05) is 0 Å². The Bertz CT molecular complexity index is 520. The molecule has 0 aliphatic heterocycles. The van der Waals surface area contributed by atoms with Crippen LogP contribution >= 0.6 is 0 Å². The Hall–Kier alpha value is -1.91. The molecule has 2 aliphatic rings. The lowest BCUT2D eigenvalue weighted by atomic mass is 9.98. The zero-order chi connectivity index (χ0) is 13.8. The average Bonchev–Trinajstić information content (AvgIpc) is 2.37. The first-order valence-corrected chi connectivity index (χ1v) is 6.13. The van der Waals surface area contributed by atoms with E-state index in [1.807, 2.05) is 6.08 Å². The number of aliphatic hydroxyl groups excluding tert-OH is 3. The summed E-state index contributed by atoms with van der Waals surface area (Å²) in [6, 6.07) is 0. The van der Waals surface area contributed by atoms with Crippen molar-refractivity contribution in [1.82, 2.24) is 0 Å². The molecule has 0 bridgehead atoms. The molecule has 0 amide bonds. The van der Waals surface area contributed by atoms with E-state index in [-0.39, 0.29) is 23.5 Å². The number of carbonyl (C=O) groups excluding carboxylic acids is 1. The standard InChI is InChI=1S/C15H16O4/c16-11-4-1-10(2-5-11)3-8-14(18)13-7-6-12(17)9-15(13)19/h1-4,6-8,11-12,16-17,19H,5,9H2/b8-3+. The number of aliphatic hydroxyl groups is 3. The molecule has 4 heteroatoms. The first kappa shape index (κ1) is 13.5. The summed E-state index contributed by atoms with van der Waals surface area (Å²) < 4.78 is 0. The van der Waals surface area contributed by atoms with Gasteiger partial charge in [-0.2, -0.15) is 0 Å². The molecule has 0 saturated heterocycles. The van der Waals surface area contributed by atoms with Gasteiger partial charge in [-0.15, -0.1) is 0 Å². The molecule has 0 saturated carbocycles. The molecule has 2 unspecified atom stereocenters. The number of rotatable bonds is 3. The van der Waals surface area contributed by atoms with Crippen molar-refractivity contribution in [3.05, 3.63) is 59.4 Å². The van der Waals surface area contributed by atoms with Gasteiger partial charge >= 0.3 is 0 Å². The number of ketones is 1. The number of carbonyl (C=O) groups is 1. The Morgan fingerprint density at radius 1 is 1.21 bits per heavy atom. The van der Waals surface area contributed by atoms with Gasteiger partial charge in [-0.05, 0) is 24.1 Å². The van der Waals surface area contributed by atoms with Gasteiger partial charge in [0.05, 0.1) is 17.8 Å². The van der Waals surface area contributed by atoms with Gasteiger partial charge in [0, 0.05) is 6.42 Å². The lowest BCUT2D eigenvalue weighted by Gasteiger charge is -2.13. The fourth-order valence-corrected chi connectivity index (χ4v) is 1.91. The summed E-state index contributed by atoms with van der Waals surface area (Å²) in [6.07, 6.45) is 10.6. The third-order valence-electron chi connectivity index (χ3n) is 3.00. The van der Waals surface area contributed by atoms with Gasteiger partial charge in [-0.1, -0.05) is 30.4 Å². The van der Waals surface area contributed by atoms with E-state index in [1.165, 1.54) is 18.2 Å². The van der Waals surface area contributed by atoms with Crippen LogP contribution in [0.5, 0.6) is 0 Å². The molecule has 0 radical (unpaired) electrons. The average molecular weight is 260 g/mol. The molecule has 0 aromatic carbocycles. The van der Waals surface area contributed by atoms with Gasteiger partial charge in [0.15, 0.2) is 5.78 Å². The van der Waals surface area contributed by atoms with Crippen LogP contribution in [0, 0.1) is 0 Å². The summed E-state index contributed by atoms with van der Waals surface area (Å²) in [6.45, 7) is 0. The summed E-state index contributed by atoms with van der Waals surface area (Å²) >= 11 is 0. The van der Waals surface area contributed by atoms with Crippen LogP contribution < -0.4 is 0 Å². The Labute approximate surface area is 111 Å². The molecule has 0 aromatic heterocycles. The van der Waals surface area contributed by atoms with E-state index in [0.29, 0.717) is 6.42 Å². The Morgan fingerprint density at radius 2 is 1.95 bits per heavy atom. The maximum absolute atomic E-state index is 11.9. The van der Waals surface area contributed by atoms with Crippen molar-refractivity contribution in [2.45, 2.75) is 25.0 Å². The molecular weight excluding hydrogens is 244 g/mol. The first-order chi connectivity index (χ1) is 9.06. The van der Waals surface area contributed by atoms with E-state index >= 15 is 0 Å². The maximum Gasteiger partial charge on any atom is 0.189 e. The topological polar surface area (TPSA) is 77.8 Å². The largest absolute Gasteiger partial charge is 0.511 e. The first-order valence-electron chi connectivity index (χ1n) is 6.13. The smallest absolute Gasteiger partial charge is 0.189 e. The molecular formula is C15H16O4. The van der Waals surface area contributed by atoms with E-state index in [0.717, 1.165) is 5.57 Å². The fourth-order valence-electron chi connectivity index (χ4n) is 1.91. The van der Waals surface area contributed by atoms with Crippen molar-refractivity contribution < 1.29 is 20.1 Å². The third-order valence-corrected chi connectivity index (χ3v) is 3.00. The van der Waals surface area contributed by atoms with Crippen molar-refractivity contribution in [3.8, 4) is 0 Å². The molecule has 100 valence electrons. The minimum absolute atomic E-state index is 0.0696. The summed E-state index contributed by atoms with van der Waals surface area (Å²) in [7, 11) is 0. The second-order valence-electron chi connectivity index (χ2n) is 4.55. The van der Waals surface area contributed by atoms with Crippen LogP contribution in [0.3, 0.4) is 0 Å². The summed E-state index contributed by atoms with van der Waals surface area (Å²) in [5.41, 5.74) is 1.06. The minimum Gasteiger partial charge on any atom is -0.511 e. The lowest BCUT2D eigenvalue weighted by molar-refractivity contribution is -0.111. The molecule has 2 aliphatic carbocycles. The molecule has 3 N–H and O–H groups in total. The lowest BCUT2D eigenvalue weighted by Crippen LogP contribution is -2.13. The SMILES string of the molecule is O=C(/C=C/C1=CCC(O)C=C1)C1=C(O)CC(O)C=C1. The molecule has 0 fully saturated rings. The van der Waals surface area contributed by atoms with Crippen molar-refractivity contribution in [1.29, 1.82) is 0 Å². The highest BCUT2D eigenvalue weighted by atomic mass is 16.3. The van der Waals surface area contributed by atoms with Gasteiger partial charge < -0.3 is 15.3 Å². The summed E-state index contributed by atoms with van der Waals surface area (Å²) in [5.74, 6) is -0.394. The Kier molecular flexibility index (Phi) is 4.14. The number of hydrogen-bond donors (Lipinski definition) is 3. The highest BCUT2D eigenvalue weighted by Crippen LogP contribution is 2.19. The van der Waals surface area contributed by atoms with Crippen molar-refractivity contribution in [3.63, 3.8) is 0 Å².